The summed E-state index contributed by atoms with van der Waals surface area (Å²) in [5.41, 5.74) is 3.02. The third kappa shape index (κ3) is 8.21. The number of rotatable bonds is 10. The Balaban J connectivity index is 1.66. The first-order valence-electron chi connectivity index (χ1n) is 10.2. The second-order valence-corrected chi connectivity index (χ2v) is 7.09. The fourth-order valence-electron chi connectivity index (χ4n) is 2.91. The maximum atomic E-state index is 12.0. The number of anilines is 2. The summed E-state index contributed by atoms with van der Waals surface area (Å²) < 4.78 is 5.17. The molecule has 0 saturated carbocycles. The zero-order chi connectivity index (χ0) is 21.8. The molecular weight excluding hydrogens is 398 g/mol. The van der Waals surface area contributed by atoms with E-state index < -0.39 is 5.97 Å². The third-order valence-corrected chi connectivity index (χ3v) is 4.76. The number of carbonyl (C=O) groups is 2. The summed E-state index contributed by atoms with van der Waals surface area (Å²) >= 11 is 5.18. The lowest BCUT2D eigenvalue weighted by Crippen LogP contribution is -2.34. The Morgan fingerprint density at radius 1 is 0.967 bits per heavy atom. The number of carbonyl (C=O) groups excluding carboxylic acids is 2. The third-order valence-electron chi connectivity index (χ3n) is 4.56. The van der Waals surface area contributed by atoms with Crippen LogP contribution in [-0.4, -0.2) is 36.7 Å². The van der Waals surface area contributed by atoms with Crippen LogP contribution in [0.25, 0.3) is 0 Å². The van der Waals surface area contributed by atoms with Crippen molar-refractivity contribution in [3.8, 4) is 0 Å². The van der Waals surface area contributed by atoms with E-state index in [1.807, 2.05) is 54.6 Å². The molecule has 6 nitrogen and oxygen atoms in total. The van der Waals surface area contributed by atoms with Crippen LogP contribution in [0.2, 0.25) is 0 Å². The molecule has 0 spiro atoms. The molecule has 0 atom stereocenters. The molecule has 0 radical (unpaired) electrons. The highest BCUT2D eigenvalue weighted by atomic mass is 32.1. The van der Waals surface area contributed by atoms with Gasteiger partial charge >= 0.3 is 5.97 Å². The summed E-state index contributed by atoms with van der Waals surface area (Å²) in [4.78, 5) is 26.0. The van der Waals surface area contributed by atoms with Crippen molar-refractivity contribution in [1.29, 1.82) is 0 Å². The lowest BCUT2D eigenvalue weighted by Gasteiger charge is -2.21. The van der Waals surface area contributed by atoms with E-state index in [1.54, 1.807) is 0 Å². The van der Waals surface area contributed by atoms with Crippen molar-refractivity contribution in [2.75, 3.05) is 29.9 Å². The second kappa shape index (κ2) is 12.6. The quantitative estimate of drug-likeness (QED) is 0.443. The molecule has 2 aromatic rings. The Bertz CT molecular complexity index is 821. The van der Waals surface area contributed by atoms with Crippen LogP contribution in [0.3, 0.4) is 0 Å². The maximum Gasteiger partial charge on any atom is 0.306 e. The molecule has 0 fully saturated rings. The minimum absolute atomic E-state index is 0.0157. The summed E-state index contributed by atoms with van der Waals surface area (Å²) in [5, 5.41) is 5.77. The summed E-state index contributed by atoms with van der Waals surface area (Å²) in [5.74, 6) is -0.723. The molecule has 160 valence electrons. The molecule has 2 aromatic carbocycles. The van der Waals surface area contributed by atoms with Crippen molar-refractivity contribution >= 4 is 40.6 Å². The predicted octanol–water partition coefficient (Wildman–Crippen LogP) is 3.91. The molecule has 0 aliphatic carbocycles. The first-order valence-corrected chi connectivity index (χ1v) is 10.6. The molecule has 0 saturated heterocycles. The highest BCUT2D eigenvalue weighted by molar-refractivity contribution is 7.80. The van der Waals surface area contributed by atoms with Crippen molar-refractivity contribution in [2.45, 2.75) is 33.1 Å². The van der Waals surface area contributed by atoms with Crippen LogP contribution in [0.5, 0.6) is 0 Å². The summed E-state index contributed by atoms with van der Waals surface area (Å²) in [6.45, 7) is 6.39. The van der Waals surface area contributed by atoms with Crippen molar-refractivity contribution in [1.82, 2.24) is 5.32 Å². The summed E-state index contributed by atoms with van der Waals surface area (Å²) in [7, 11) is 0. The average molecular weight is 428 g/mol. The number of nitrogens with one attached hydrogen (secondary N) is 2. The maximum absolute atomic E-state index is 12.0. The minimum Gasteiger partial charge on any atom is -0.465 e. The molecule has 2 N–H and O–H groups in total. The van der Waals surface area contributed by atoms with E-state index >= 15 is 0 Å². The van der Waals surface area contributed by atoms with Gasteiger partial charge in [-0.15, -0.1) is 0 Å². The number of ether oxygens (including phenoxy) is 1. The van der Waals surface area contributed by atoms with E-state index in [4.69, 9.17) is 17.0 Å². The van der Waals surface area contributed by atoms with Gasteiger partial charge in [-0.05, 0) is 55.9 Å². The Kier molecular flexibility index (Phi) is 9.80. The Morgan fingerprint density at radius 2 is 1.63 bits per heavy atom. The molecule has 0 aliphatic rings. The van der Waals surface area contributed by atoms with E-state index in [0.717, 1.165) is 30.0 Å². The molecule has 0 unspecified atom stereocenters. The van der Waals surface area contributed by atoms with E-state index in [2.05, 4.69) is 29.4 Å². The van der Waals surface area contributed by atoms with Gasteiger partial charge in [-0.1, -0.05) is 30.3 Å². The fraction of sp³-hybridized carbons (Fsp3) is 0.348. The standard InChI is InChI=1S/C23H29N3O3S/c1-3-26(4-2)20-12-10-19(11-13-20)24-23(30)25-21(27)14-15-22(28)29-17-16-18-8-6-5-7-9-18/h5-13H,3-4,14-17H2,1-2H3,(H2,24,25,27,30). The first kappa shape index (κ1) is 23.3. The van der Waals surface area contributed by atoms with E-state index in [-0.39, 0.29) is 23.9 Å². The van der Waals surface area contributed by atoms with E-state index in [1.165, 1.54) is 0 Å². The molecular formula is C23H29N3O3S. The predicted molar refractivity (Wildman–Crippen MR) is 125 cm³/mol. The van der Waals surface area contributed by atoms with Crippen LogP contribution < -0.4 is 15.5 Å². The Morgan fingerprint density at radius 3 is 2.27 bits per heavy atom. The number of hydrogen-bond acceptors (Lipinski definition) is 5. The number of thiocarbonyl (C=S) groups is 1. The van der Waals surface area contributed by atoms with Gasteiger partial charge in [0.1, 0.15) is 0 Å². The van der Waals surface area contributed by atoms with Crippen molar-refractivity contribution in [3.05, 3.63) is 60.2 Å². The van der Waals surface area contributed by atoms with Crippen LogP contribution in [0.4, 0.5) is 11.4 Å². The molecule has 0 heterocycles. The number of benzene rings is 2. The smallest absolute Gasteiger partial charge is 0.306 e. The van der Waals surface area contributed by atoms with Crippen LogP contribution in [-0.2, 0) is 20.7 Å². The molecule has 1 amide bonds. The molecule has 0 aliphatic heterocycles. The molecule has 30 heavy (non-hydrogen) atoms. The highest BCUT2D eigenvalue weighted by Crippen LogP contribution is 2.17. The summed E-state index contributed by atoms with van der Waals surface area (Å²) in [6.07, 6.45) is 0.689. The SMILES string of the molecule is CCN(CC)c1ccc(NC(=S)NC(=O)CCC(=O)OCCc2ccccc2)cc1. The minimum atomic E-state index is -0.396. The van der Waals surface area contributed by atoms with Gasteiger partial charge in [0, 0.05) is 37.3 Å². The Hall–Kier alpha value is -2.93. The van der Waals surface area contributed by atoms with Crippen molar-refractivity contribution in [3.63, 3.8) is 0 Å². The zero-order valence-corrected chi connectivity index (χ0v) is 18.3. The van der Waals surface area contributed by atoms with Crippen LogP contribution in [0.1, 0.15) is 32.3 Å². The monoisotopic (exact) mass is 427 g/mol. The van der Waals surface area contributed by atoms with Gasteiger partial charge < -0.3 is 20.3 Å². The molecule has 0 bridgehead atoms. The van der Waals surface area contributed by atoms with Crippen LogP contribution >= 0.6 is 12.2 Å². The Labute approximate surface area is 183 Å². The molecule has 2 rings (SSSR count). The van der Waals surface area contributed by atoms with E-state index in [9.17, 15) is 9.59 Å². The van der Waals surface area contributed by atoms with Crippen LogP contribution in [0, 0.1) is 0 Å². The second-order valence-electron chi connectivity index (χ2n) is 6.68. The fourth-order valence-corrected chi connectivity index (χ4v) is 3.14. The number of nitrogens with zero attached hydrogens (tertiary/aromatic N) is 1. The first-order chi connectivity index (χ1) is 14.5. The largest absolute Gasteiger partial charge is 0.465 e. The van der Waals surface area contributed by atoms with Gasteiger partial charge in [0.25, 0.3) is 0 Å². The van der Waals surface area contributed by atoms with Gasteiger partial charge in [0.2, 0.25) is 5.91 Å². The molecule has 0 aromatic heterocycles. The van der Waals surface area contributed by atoms with Crippen LogP contribution in [0.15, 0.2) is 54.6 Å². The van der Waals surface area contributed by atoms with Crippen molar-refractivity contribution < 1.29 is 14.3 Å². The van der Waals surface area contributed by atoms with Gasteiger partial charge in [-0.2, -0.15) is 0 Å². The van der Waals surface area contributed by atoms with Gasteiger partial charge in [-0.3, -0.25) is 9.59 Å². The van der Waals surface area contributed by atoms with Gasteiger partial charge in [-0.25, -0.2) is 0 Å². The number of esters is 1. The zero-order valence-electron chi connectivity index (χ0n) is 17.5. The number of hydrogen-bond donors (Lipinski definition) is 2. The van der Waals surface area contributed by atoms with Gasteiger partial charge in [0.05, 0.1) is 13.0 Å². The van der Waals surface area contributed by atoms with E-state index in [0.29, 0.717) is 13.0 Å². The topological polar surface area (TPSA) is 70.7 Å². The molecule has 7 heteroatoms. The average Bonchev–Trinajstić information content (AvgIpc) is 2.75. The normalized spacial score (nSPS) is 10.2. The van der Waals surface area contributed by atoms with Gasteiger partial charge in [0.15, 0.2) is 5.11 Å². The van der Waals surface area contributed by atoms with Crippen molar-refractivity contribution in [2.24, 2.45) is 0 Å². The summed E-state index contributed by atoms with van der Waals surface area (Å²) in [6, 6.07) is 17.6. The number of amides is 1. The lowest BCUT2D eigenvalue weighted by atomic mass is 10.2. The highest BCUT2D eigenvalue weighted by Gasteiger charge is 2.10. The lowest BCUT2D eigenvalue weighted by molar-refractivity contribution is -0.144.